The third kappa shape index (κ3) is 4.09. The molecular formula is C24H23P. The summed E-state index contributed by atoms with van der Waals surface area (Å²) in [5.41, 5.74) is 2.94. The third-order valence-electron chi connectivity index (χ3n) is 4.81. The fraction of sp³-hybridized carbons (Fsp3) is 0.167. The molecule has 0 bridgehead atoms. The van der Waals surface area contributed by atoms with Gasteiger partial charge in [0.2, 0.25) is 0 Å². The fourth-order valence-corrected chi connectivity index (χ4v) is 4.56. The van der Waals surface area contributed by atoms with Crippen LogP contribution < -0.4 is 0 Å². The molecule has 0 unspecified atom stereocenters. The number of rotatable bonds is 6. The quantitative estimate of drug-likeness (QED) is 0.279. The summed E-state index contributed by atoms with van der Waals surface area (Å²) in [7, 11) is 1.04. The summed E-state index contributed by atoms with van der Waals surface area (Å²) in [6, 6.07) is 31.0. The standard InChI is InChI=1S/C24H23P/c1-3-7-23-17-19(9-11-21(23)5-1)13-15-25-16-14-20-10-12-22-6-2-4-8-24(22)18-20/h1-12,17-18,25H,13-16H2. The van der Waals surface area contributed by atoms with Gasteiger partial charge in [-0.3, -0.25) is 0 Å². The predicted octanol–water partition coefficient (Wildman–Crippen LogP) is 6.46. The first-order chi connectivity index (χ1) is 12.4. The van der Waals surface area contributed by atoms with Crippen LogP contribution in [-0.2, 0) is 12.8 Å². The Morgan fingerprint density at radius 1 is 0.480 bits per heavy atom. The molecular weight excluding hydrogens is 319 g/mol. The normalized spacial score (nSPS) is 11.2. The van der Waals surface area contributed by atoms with E-state index in [1.807, 2.05) is 0 Å². The minimum atomic E-state index is 1.04. The molecule has 0 aromatic heterocycles. The van der Waals surface area contributed by atoms with Gasteiger partial charge >= 0.3 is 0 Å². The highest BCUT2D eigenvalue weighted by molar-refractivity contribution is 7.37. The summed E-state index contributed by atoms with van der Waals surface area (Å²) in [6.45, 7) is 0. The maximum absolute atomic E-state index is 2.35. The van der Waals surface area contributed by atoms with Crippen molar-refractivity contribution >= 4 is 30.1 Å². The zero-order valence-corrected chi connectivity index (χ0v) is 15.4. The van der Waals surface area contributed by atoms with Gasteiger partial charge in [0.05, 0.1) is 0 Å². The van der Waals surface area contributed by atoms with Gasteiger partial charge in [0.15, 0.2) is 0 Å². The van der Waals surface area contributed by atoms with Crippen LogP contribution in [-0.4, -0.2) is 12.3 Å². The molecule has 1 heteroatoms. The van der Waals surface area contributed by atoms with Crippen molar-refractivity contribution in [3.8, 4) is 0 Å². The molecule has 0 N–H and O–H groups in total. The van der Waals surface area contributed by atoms with Crippen LogP contribution in [0.5, 0.6) is 0 Å². The molecule has 0 heterocycles. The Bertz CT molecular complexity index is 906. The lowest BCUT2D eigenvalue weighted by atomic mass is 10.1. The minimum absolute atomic E-state index is 1.04. The van der Waals surface area contributed by atoms with E-state index in [-0.39, 0.29) is 0 Å². The van der Waals surface area contributed by atoms with Crippen molar-refractivity contribution in [3.63, 3.8) is 0 Å². The van der Waals surface area contributed by atoms with Gasteiger partial charge in [-0.2, -0.15) is 0 Å². The Morgan fingerprint density at radius 3 is 1.40 bits per heavy atom. The van der Waals surface area contributed by atoms with Gasteiger partial charge in [-0.25, -0.2) is 0 Å². The highest BCUT2D eigenvalue weighted by Gasteiger charge is 1.99. The second kappa shape index (κ2) is 7.81. The second-order valence-corrected chi connectivity index (χ2v) is 8.11. The van der Waals surface area contributed by atoms with Crippen LogP contribution in [0.4, 0.5) is 0 Å². The highest BCUT2D eigenvalue weighted by Crippen LogP contribution is 2.21. The van der Waals surface area contributed by atoms with Crippen LogP contribution >= 0.6 is 8.58 Å². The monoisotopic (exact) mass is 342 g/mol. The zero-order valence-electron chi connectivity index (χ0n) is 14.4. The number of aryl methyl sites for hydroxylation is 2. The minimum Gasteiger partial charge on any atom is -0.121 e. The van der Waals surface area contributed by atoms with Crippen LogP contribution in [0.1, 0.15) is 11.1 Å². The van der Waals surface area contributed by atoms with E-state index in [4.69, 9.17) is 0 Å². The van der Waals surface area contributed by atoms with Gasteiger partial charge in [0.1, 0.15) is 0 Å². The highest BCUT2D eigenvalue weighted by atomic mass is 31.1. The number of hydrogen-bond donors (Lipinski definition) is 0. The van der Waals surface area contributed by atoms with Crippen molar-refractivity contribution in [1.82, 2.24) is 0 Å². The van der Waals surface area contributed by atoms with Gasteiger partial charge in [0.25, 0.3) is 0 Å². The van der Waals surface area contributed by atoms with Gasteiger partial charge < -0.3 is 0 Å². The van der Waals surface area contributed by atoms with E-state index < -0.39 is 0 Å². The van der Waals surface area contributed by atoms with Crippen molar-refractivity contribution < 1.29 is 0 Å². The lowest BCUT2D eigenvalue weighted by Crippen LogP contribution is -1.92. The van der Waals surface area contributed by atoms with E-state index in [1.54, 1.807) is 0 Å². The number of benzene rings is 4. The topological polar surface area (TPSA) is 0 Å². The first-order valence-corrected chi connectivity index (χ1v) is 10.5. The second-order valence-electron chi connectivity index (χ2n) is 6.61. The SMILES string of the molecule is c1ccc2cc(CCPCCc3ccc4ccccc4c3)ccc2c1. The Morgan fingerprint density at radius 2 is 0.920 bits per heavy atom. The molecule has 0 radical (unpaired) electrons. The Balaban J connectivity index is 1.28. The molecule has 0 atom stereocenters. The van der Waals surface area contributed by atoms with E-state index in [1.165, 1.54) is 57.8 Å². The summed E-state index contributed by atoms with van der Waals surface area (Å²) < 4.78 is 0. The van der Waals surface area contributed by atoms with E-state index in [9.17, 15) is 0 Å². The van der Waals surface area contributed by atoms with Crippen molar-refractivity contribution in [2.75, 3.05) is 12.3 Å². The average molecular weight is 342 g/mol. The summed E-state index contributed by atoms with van der Waals surface area (Å²) in [6.07, 6.45) is 4.99. The smallest absolute Gasteiger partial charge is 0.0181 e. The summed E-state index contributed by atoms with van der Waals surface area (Å²) in [5.74, 6) is 0. The van der Waals surface area contributed by atoms with Crippen LogP contribution in [0, 0.1) is 0 Å². The molecule has 0 fully saturated rings. The number of fused-ring (bicyclic) bond motifs is 2. The Hall–Kier alpha value is -2.17. The molecule has 0 saturated heterocycles. The maximum atomic E-state index is 2.35. The average Bonchev–Trinajstić information content (AvgIpc) is 2.67. The van der Waals surface area contributed by atoms with Crippen LogP contribution in [0.25, 0.3) is 21.5 Å². The summed E-state index contributed by atoms with van der Waals surface area (Å²) in [4.78, 5) is 0. The molecule has 0 aliphatic rings. The molecule has 124 valence electrons. The summed E-state index contributed by atoms with van der Waals surface area (Å²) >= 11 is 0. The maximum Gasteiger partial charge on any atom is -0.0181 e. The predicted molar refractivity (Wildman–Crippen MR) is 113 cm³/mol. The summed E-state index contributed by atoms with van der Waals surface area (Å²) in [5, 5.41) is 5.40. The van der Waals surface area contributed by atoms with Gasteiger partial charge in [0, 0.05) is 0 Å². The molecule has 0 amide bonds. The molecule has 0 spiro atoms. The molecule has 4 aromatic rings. The van der Waals surface area contributed by atoms with Gasteiger partial charge in [-0.1, -0.05) is 84.9 Å². The van der Waals surface area contributed by atoms with Crippen molar-refractivity contribution in [2.45, 2.75) is 12.8 Å². The lowest BCUT2D eigenvalue weighted by Gasteiger charge is -2.06. The molecule has 0 nitrogen and oxygen atoms in total. The van der Waals surface area contributed by atoms with Crippen molar-refractivity contribution in [3.05, 3.63) is 96.1 Å². The first kappa shape index (κ1) is 16.3. The van der Waals surface area contributed by atoms with E-state index >= 15 is 0 Å². The Kier molecular flexibility index (Phi) is 5.09. The van der Waals surface area contributed by atoms with Gasteiger partial charge in [-0.15, -0.1) is 8.58 Å². The Labute approximate surface area is 151 Å². The molecule has 0 aliphatic carbocycles. The molecule has 0 aliphatic heterocycles. The number of hydrogen-bond acceptors (Lipinski definition) is 0. The lowest BCUT2D eigenvalue weighted by molar-refractivity contribution is 1.12. The molecule has 25 heavy (non-hydrogen) atoms. The van der Waals surface area contributed by atoms with Crippen molar-refractivity contribution in [2.24, 2.45) is 0 Å². The molecule has 4 aromatic carbocycles. The van der Waals surface area contributed by atoms with E-state index in [0.717, 1.165) is 8.58 Å². The molecule has 0 saturated carbocycles. The van der Waals surface area contributed by atoms with Crippen LogP contribution in [0.3, 0.4) is 0 Å². The van der Waals surface area contributed by atoms with E-state index in [0.29, 0.717) is 0 Å². The van der Waals surface area contributed by atoms with Crippen LogP contribution in [0.15, 0.2) is 84.9 Å². The third-order valence-corrected chi connectivity index (χ3v) is 6.02. The zero-order chi connectivity index (χ0) is 16.9. The first-order valence-electron chi connectivity index (χ1n) is 9.04. The molecule has 4 rings (SSSR count). The fourth-order valence-electron chi connectivity index (χ4n) is 3.38. The van der Waals surface area contributed by atoms with Gasteiger partial charge in [-0.05, 0) is 57.8 Å². The largest absolute Gasteiger partial charge is 0.121 e. The van der Waals surface area contributed by atoms with Crippen molar-refractivity contribution in [1.29, 1.82) is 0 Å². The van der Waals surface area contributed by atoms with E-state index in [2.05, 4.69) is 84.9 Å². The van der Waals surface area contributed by atoms with Crippen LogP contribution in [0.2, 0.25) is 0 Å².